The molecule has 0 aliphatic carbocycles. The molecule has 8 heteroatoms. The summed E-state index contributed by atoms with van der Waals surface area (Å²) in [5.41, 5.74) is 6.85. The number of aliphatic imine (C=N–C) groups is 1. The van der Waals surface area contributed by atoms with Gasteiger partial charge < -0.3 is 15.8 Å². The zero-order valence-corrected chi connectivity index (χ0v) is 16.3. The van der Waals surface area contributed by atoms with Gasteiger partial charge in [0.1, 0.15) is 0 Å². The van der Waals surface area contributed by atoms with Crippen LogP contribution in [0.2, 0.25) is 0 Å². The molecule has 1 unspecified atom stereocenters. The standard InChI is InChI=1S/C15H23N3O3S.HI/c1-22(19,20)14-6-4-12(5-7-14)8-9-17-15(16)18-11-13-3-2-10-21-13;/h4-7,13H,2-3,8-11H2,1H3,(H3,16,17,18);1H. The van der Waals surface area contributed by atoms with Gasteiger partial charge in [0, 0.05) is 19.4 Å². The Balaban J connectivity index is 0.00000264. The molecule has 0 amide bonds. The fourth-order valence-corrected chi connectivity index (χ4v) is 2.91. The maximum Gasteiger partial charge on any atom is 0.188 e. The highest BCUT2D eigenvalue weighted by Gasteiger charge is 2.14. The zero-order valence-electron chi connectivity index (χ0n) is 13.2. The van der Waals surface area contributed by atoms with E-state index in [0.717, 1.165) is 31.4 Å². The zero-order chi connectivity index (χ0) is 16.0. The number of benzene rings is 1. The third-order valence-corrected chi connectivity index (χ3v) is 4.69. The average Bonchev–Trinajstić information content (AvgIpc) is 2.98. The SMILES string of the molecule is CS(=O)(=O)c1ccc(CCNC(N)=NCC2CCCO2)cc1.I. The number of rotatable bonds is 6. The Labute approximate surface area is 154 Å². The highest BCUT2D eigenvalue weighted by atomic mass is 127. The van der Waals surface area contributed by atoms with Crippen LogP contribution in [0, 0.1) is 0 Å². The molecule has 0 spiro atoms. The van der Waals surface area contributed by atoms with Gasteiger partial charge in [-0.1, -0.05) is 12.1 Å². The predicted molar refractivity (Wildman–Crippen MR) is 102 cm³/mol. The monoisotopic (exact) mass is 453 g/mol. The molecule has 0 saturated carbocycles. The van der Waals surface area contributed by atoms with Gasteiger partial charge in [-0.3, -0.25) is 4.99 Å². The lowest BCUT2D eigenvalue weighted by molar-refractivity contribution is 0.118. The number of hydrogen-bond acceptors (Lipinski definition) is 4. The summed E-state index contributed by atoms with van der Waals surface area (Å²) in [6.45, 7) is 2.07. The van der Waals surface area contributed by atoms with Crippen molar-refractivity contribution in [3.8, 4) is 0 Å². The smallest absolute Gasteiger partial charge is 0.188 e. The van der Waals surface area contributed by atoms with Gasteiger partial charge in [0.25, 0.3) is 0 Å². The van der Waals surface area contributed by atoms with Crippen LogP contribution in [0.1, 0.15) is 18.4 Å². The van der Waals surface area contributed by atoms with Crippen LogP contribution < -0.4 is 11.1 Å². The second-order valence-corrected chi connectivity index (χ2v) is 7.47. The van der Waals surface area contributed by atoms with E-state index in [1.165, 1.54) is 6.26 Å². The molecule has 1 aromatic carbocycles. The molecule has 1 atom stereocenters. The molecule has 1 aliphatic heterocycles. The van der Waals surface area contributed by atoms with Crippen LogP contribution in [0.15, 0.2) is 34.2 Å². The largest absolute Gasteiger partial charge is 0.376 e. The molecule has 130 valence electrons. The summed E-state index contributed by atoms with van der Waals surface area (Å²) in [6.07, 6.45) is 4.29. The number of halogens is 1. The Morgan fingerprint density at radius 1 is 1.39 bits per heavy atom. The van der Waals surface area contributed by atoms with Crippen molar-refractivity contribution in [2.45, 2.75) is 30.3 Å². The Hall–Kier alpha value is -0.870. The van der Waals surface area contributed by atoms with Gasteiger partial charge in [-0.15, -0.1) is 24.0 Å². The number of guanidine groups is 1. The van der Waals surface area contributed by atoms with E-state index in [1.54, 1.807) is 12.1 Å². The van der Waals surface area contributed by atoms with Crippen molar-refractivity contribution < 1.29 is 13.2 Å². The van der Waals surface area contributed by atoms with E-state index in [2.05, 4.69) is 10.3 Å². The summed E-state index contributed by atoms with van der Waals surface area (Å²) < 4.78 is 28.2. The molecule has 1 aliphatic rings. The molecular formula is C15H24IN3O3S. The number of nitrogens with zero attached hydrogens (tertiary/aromatic N) is 1. The van der Waals surface area contributed by atoms with E-state index >= 15 is 0 Å². The molecule has 0 radical (unpaired) electrons. The second kappa shape index (κ2) is 9.43. The summed E-state index contributed by atoms with van der Waals surface area (Å²) in [6, 6.07) is 6.88. The van der Waals surface area contributed by atoms with Crippen molar-refractivity contribution in [2.24, 2.45) is 10.7 Å². The van der Waals surface area contributed by atoms with Crippen LogP contribution >= 0.6 is 24.0 Å². The molecule has 0 bridgehead atoms. The van der Waals surface area contributed by atoms with E-state index < -0.39 is 9.84 Å². The second-order valence-electron chi connectivity index (χ2n) is 5.45. The van der Waals surface area contributed by atoms with Crippen molar-refractivity contribution in [1.82, 2.24) is 5.32 Å². The summed E-state index contributed by atoms with van der Waals surface area (Å²) in [5, 5.41) is 3.05. The normalized spacial score (nSPS) is 18.5. The summed E-state index contributed by atoms with van der Waals surface area (Å²) >= 11 is 0. The quantitative estimate of drug-likeness (QED) is 0.385. The van der Waals surface area contributed by atoms with E-state index in [4.69, 9.17) is 10.5 Å². The molecule has 1 heterocycles. The maximum atomic E-state index is 11.4. The molecule has 3 N–H and O–H groups in total. The van der Waals surface area contributed by atoms with Gasteiger partial charge in [0.05, 0.1) is 17.5 Å². The van der Waals surface area contributed by atoms with Gasteiger partial charge in [-0.25, -0.2) is 8.42 Å². The summed E-state index contributed by atoms with van der Waals surface area (Å²) in [7, 11) is -3.14. The van der Waals surface area contributed by atoms with Crippen LogP contribution in [0.25, 0.3) is 0 Å². The van der Waals surface area contributed by atoms with Crippen LogP contribution in [0.3, 0.4) is 0 Å². The molecule has 1 fully saturated rings. The van der Waals surface area contributed by atoms with Crippen LogP contribution in [0.4, 0.5) is 0 Å². The first kappa shape index (κ1) is 20.2. The minimum Gasteiger partial charge on any atom is -0.376 e. The number of hydrogen-bond donors (Lipinski definition) is 2. The van der Waals surface area contributed by atoms with E-state index in [0.29, 0.717) is 23.9 Å². The lowest BCUT2D eigenvalue weighted by atomic mass is 10.1. The Morgan fingerprint density at radius 3 is 2.65 bits per heavy atom. The number of nitrogens with two attached hydrogens (primary N) is 1. The molecule has 1 aromatic rings. The van der Waals surface area contributed by atoms with E-state index in [9.17, 15) is 8.42 Å². The van der Waals surface area contributed by atoms with Crippen molar-refractivity contribution in [2.75, 3.05) is 26.0 Å². The molecule has 0 aromatic heterocycles. The molecular weight excluding hydrogens is 429 g/mol. The average molecular weight is 453 g/mol. The van der Waals surface area contributed by atoms with Gasteiger partial charge in [-0.2, -0.15) is 0 Å². The van der Waals surface area contributed by atoms with Crippen LogP contribution in [-0.2, 0) is 21.0 Å². The van der Waals surface area contributed by atoms with Gasteiger partial charge >= 0.3 is 0 Å². The first-order valence-electron chi connectivity index (χ1n) is 7.39. The Kier molecular flexibility index (Phi) is 8.27. The van der Waals surface area contributed by atoms with Gasteiger partial charge in [0.15, 0.2) is 15.8 Å². The first-order chi connectivity index (χ1) is 10.4. The topological polar surface area (TPSA) is 93.8 Å². The van der Waals surface area contributed by atoms with Crippen molar-refractivity contribution in [3.63, 3.8) is 0 Å². The fraction of sp³-hybridized carbons (Fsp3) is 0.533. The number of sulfone groups is 1. The number of ether oxygens (including phenoxy) is 1. The summed E-state index contributed by atoms with van der Waals surface area (Å²) in [4.78, 5) is 4.60. The van der Waals surface area contributed by atoms with E-state index in [-0.39, 0.29) is 30.1 Å². The Bertz CT molecular complexity index is 611. The lowest BCUT2D eigenvalue weighted by Gasteiger charge is -2.08. The van der Waals surface area contributed by atoms with Crippen molar-refractivity contribution >= 4 is 39.8 Å². The van der Waals surface area contributed by atoms with Gasteiger partial charge in [0.2, 0.25) is 0 Å². The maximum absolute atomic E-state index is 11.4. The highest BCUT2D eigenvalue weighted by Crippen LogP contribution is 2.12. The fourth-order valence-electron chi connectivity index (χ4n) is 2.28. The summed E-state index contributed by atoms with van der Waals surface area (Å²) in [5.74, 6) is 0.420. The third-order valence-electron chi connectivity index (χ3n) is 3.56. The molecule has 1 saturated heterocycles. The van der Waals surface area contributed by atoms with Crippen LogP contribution in [0.5, 0.6) is 0 Å². The number of nitrogens with one attached hydrogen (secondary N) is 1. The molecule has 23 heavy (non-hydrogen) atoms. The first-order valence-corrected chi connectivity index (χ1v) is 9.28. The van der Waals surface area contributed by atoms with E-state index in [1.807, 2.05) is 12.1 Å². The molecule has 6 nitrogen and oxygen atoms in total. The minimum atomic E-state index is -3.14. The van der Waals surface area contributed by atoms with Crippen molar-refractivity contribution in [1.29, 1.82) is 0 Å². The predicted octanol–water partition coefficient (Wildman–Crippen LogP) is 1.33. The molecule has 2 rings (SSSR count). The van der Waals surface area contributed by atoms with Crippen molar-refractivity contribution in [3.05, 3.63) is 29.8 Å². The van der Waals surface area contributed by atoms with Gasteiger partial charge in [-0.05, 0) is 37.0 Å². The Morgan fingerprint density at radius 2 is 2.09 bits per heavy atom. The third kappa shape index (κ3) is 7.05. The van der Waals surface area contributed by atoms with Crippen LogP contribution in [-0.4, -0.2) is 46.4 Å². The minimum absolute atomic E-state index is 0. The lowest BCUT2D eigenvalue weighted by Crippen LogP contribution is -2.34. The highest BCUT2D eigenvalue weighted by molar-refractivity contribution is 14.0.